The molecule has 0 atom stereocenters. The summed E-state index contributed by atoms with van der Waals surface area (Å²) in [5.41, 5.74) is 0. The van der Waals surface area contributed by atoms with Gasteiger partial charge in [0.1, 0.15) is 0 Å². The van der Waals surface area contributed by atoms with E-state index in [0.717, 1.165) is 44.4 Å². The lowest BCUT2D eigenvalue weighted by Crippen LogP contribution is -2.24. The Morgan fingerprint density at radius 1 is 0.762 bits per heavy atom. The van der Waals surface area contributed by atoms with Gasteiger partial charge in [-0.1, -0.05) is 44.9 Å². The Morgan fingerprint density at radius 2 is 1.29 bits per heavy atom. The van der Waals surface area contributed by atoms with E-state index < -0.39 is 5.97 Å². The third kappa shape index (κ3) is 17.2. The monoisotopic (exact) mass is 317 g/mol. The number of unbranched alkanes of at least 4 members (excludes halogenated alkanes) is 8. The zero-order valence-electron chi connectivity index (χ0n) is 13.1. The molecule has 124 valence electrons. The van der Waals surface area contributed by atoms with Crippen molar-refractivity contribution in [2.45, 2.75) is 77.0 Å². The van der Waals surface area contributed by atoms with Crippen molar-refractivity contribution in [2.75, 3.05) is 12.3 Å². The number of rotatable bonds is 15. The summed E-state index contributed by atoms with van der Waals surface area (Å²) >= 11 is 4.08. The molecular weight excluding hydrogens is 286 g/mol. The van der Waals surface area contributed by atoms with E-state index in [2.05, 4.69) is 17.9 Å². The third-order valence-electron chi connectivity index (χ3n) is 3.45. The molecule has 2 N–H and O–H groups in total. The lowest BCUT2D eigenvalue weighted by Gasteiger charge is -2.05. The molecule has 0 bridgehead atoms. The fraction of sp³-hybridized carbons (Fsp3) is 0.875. The van der Waals surface area contributed by atoms with Crippen molar-refractivity contribution in [3.63, 3.8) is 0 Å². The topological polar surface area (TPSA) is 66.4 Å². The summed E-state index contributed by atoms with van der Waals surface area (Å²) in [5.74, 6) is 0.224. The van der Waals surface area contributed by atoms with E-state index >= 15 is 0 Å². The molecule has 0 radical (unpaired) electrons. The fourth-order valence-corrected chi connectivity index (χ4v) is 2.35. The molecule has 0 saturated heterocycles. The number of nitrogens with one attached hydrogen (secondary N) is 1. The Kier molecular flexibility index (Phi) is 15.1. The summed E-state index contributed by atoms with van der Waals surface area (Å²) in [5, 5.41) is 11.4. The number of carbonyl (C=O) groups is 2. The summed E-state index contributed by atoms with van der Waals surface area (Å²) < 4.78 is 0. The van der Waals surface area contributed by atoms with E-state index in [1.165, 1.54) is 32.1 Å². The van der Waals surface area contributed by atoms with Gasteiger partial charge in [0.05, 0.1) is 0 Å². The maximum Gasteiger partial charge on any atom is 0.303 e. The van der Waals surface area contributed by atoms with E-state index in [0.29, 0.717) is 12.8 Å². The average molecular weight is 317 g/mol. The molecule has 4 nitrogen and oxygen atoms in total. The van der Waals surface area contributed by atoms with Crippen LogP contribution < -0.4 is 5.32 Å². The summed E-state index contributed by atoms with van der Waals surface area (Å²) in [4.78, 5) is 21.6. The Bertz CT molecular complexity index is 272. The van der Waals surface area contributed by atoms with E-state index in [1.54, 1.807) is 0 Å². The van der Waals surface area contributed by atoms with Crippen LogP contribution in [0.4, 0.5) is 0 Å². The smallest absolute Gasteiger partial charge is 0.303 e. The summed E-state index contributed by atoms with van der Waals surface area (Å²) in [7, 11) is 0. The van der Waals surface area contributed by atoms with Crippen molar-refractivity contribution in [3.8, 4) is 0 Å². The minimum absolute atomic E-state index is 0.144. The maximum atomic E-state index is 11.3. The SMILES string of the molecule is O=C(O)CCCCCCCCCCCNC(=O)CCCS. The van der Waals surface area contributed by atoms with Crippen LogP contribution in [0.25, 0.3) is 0 Å². The number of hydrogen-bond donors (Lipinski definition) is 3. The third-order valence-corrected chi connectivity index (χ3v) is 3.77. The Balaban J connectivity index is 3.09. The van der Waals surface area contributed by atoms with Gasteiger partial charge in [0.2, 0.25) is 5.91 Å². The van der Waals surface area contributed by atoms with E-state index in [-0.39, 0.29) is 5.91 Å². The minimum atomic E-state index is -0.687. The van der Waals surface area contributed by atoms with Gasteiger partial charge in [-0.15, -0.1) is 0 Å². The molecule has 1 amide bonds. The molecule has 0 unspecified atom stereocenters. The van der Waals surface area contributed by atoms with Crippen molar-refractivity contribution >= 4 is 24.5 Å². The van der Waals surface area contributed by atoms with Crippen LogP contribution >= 0.6 is 12.6 Å². The number of hydrogen-bond acceptors (Lipinski definition) is 3. The van der Waals surface area contributed by atoms with Gasteiger partial charge in [-0.2, -0.15) is 12.6 Å². The van der Waals surface area contributed by atoms with Crippen LogP contribution in [-0.2, 0) is 9.59 Å². The lowest BCUT2D eigenvalue weighted by molar-refractivity contribution is -0.137. The van der Waals surface area contributed by atoms with Crippen LogP contribution in [0.1, 0.15) is 77.0 Å². The van der Waals surface area contributed by atoms with Gasteiger partial charge in [-0.25, -0.2) is 0 Å². The highest BCUT2D eigenvalue weighted by Gasteiger charge is 1.99. The van der Waals surface area contributed by atoms with Crippen molar-refractivity contribution < 1.29 is 14.7 Å². The zero-order valence-corrected chi connectivity index (χ0v) is 14.0. The van der Waals surface area contributed by atoms with Crippen LogP contribution in [0.2, 0.25) is 0 Å². The van der Waals surface area contributed by atoms with Crippen LogP contribution in [0.3, 0.4) is 0 Å². The minimum Gasteiger partial charge on any atom is -0.481 e. The first-order chi connectivity index (χ1) is 10.2. The Morgan fingerprint density at radius 3 is 1.81 bits per heavy atom. The highest BCUT2D eigenvalue weighted by Crippen LogP contribution is 2.10. The number of thiol groups is 1. The quantitative estimate of drug-likeness (QED) is 0.318. The molecule has 0 aliphatic heterocycles. The normalized spacial score (nSPS) is 10.5. The second-order valence-corrected chi connectivity index (χ2v) is 5.95. The van der Waals surface area contributed by atoms with Gasteiger partial charge in [-0.05, 0) is 25.0 Å². The van der Waals surface area contributed by atoms with Crippen LogP contribution in [0, 0.1) is 0 Å². The maximum absolute atomic E-state index is 11.3. The predicted molar refractivity (Wildman–Crippen MR) is 89.9 cm³/mol. The highest BCUT2D eigenvalue weighted by atomic mass is 32.1. The average Bonchev–Trinajstić information content (AvgIpc) is 2.45. The second kappa shape index (κ2) is 15.7. The van der Waals surface area contributed by atoms with Gasteiger partial charge in [0, 0.05) is 19.4 Å². The molecule has 0 fully saturated rings. The number of carbonyl (C=O) groups excluding carboxylic acids is 1. The largest absolute Gasteiger partial charge is 0.481 e. The molecule has 0 aliphatic rings. The van der Waals surface area contributed by atoms with Gasteiger partial charge < -0.3 is 10.4 Å². The van der Waals surface area contributed by atoms with Crippen molar-refractivity contribution in [1.82, 2.24) is 5.32 Å². The molecule has 0 spiro atoms. The molecule has 21 heavy (non-hydrogen) atoms. The van der Waals surface area contributed by atoms with E-state index in [9.17, 15) is 9.59 Å². The molecule has 0 rings (SSSR count). The number of aliphatic carboxylic acids is 1. The second-order valence-electron chi connectivity index (χ2n) is 5.50. The van der Waals surface area contributed by atoms with Gasteiger partial charge in [0.15, 0.2) is 0 Å². The first-order valence-corrected chi connectivity index (χ1v) is 8.89. The molecular formula is C16H31NO3S. The van der Waals surface area contributed by atoms with Crippen LogP contribution in [-0.4, -0.2) is 29.3 Å². The van der Waals surface area contributed by atoms with Gasteiger partial charge in [-0.3, -0.25) is 9.59 Å². The fourth-order valence-electron chi connectivity index (χ4n) is 2.19. The molecule has 0 saturated carbocycles. The van der Waals surface area contributed by atoms with Crippen LogP contribution in [0.5, 0.6) is 0 Å². The van der Waals surface area contributed by atoms with Gasteiger partial charge in [0.25, 0.3) is 0 Å². The molecule has 0 heterocycles. The summed E-state index contributed by atoms with van der Waals surface area (Å²) in [6.45, 7) is 0.792. The molecule has 5 heteroatoms. The van der Waals surface area contributed by atoms with Gasteiger partial charge >= 0.3 is 5.97 Å². The number of carboxylic acid groups (broad SMARTS) is 1. The highest BCUT2D eigenvalue weighted by molar-refractivity contribution is 7.80. The van der Waals surface area contributed by atoms with E-state index in [1.807, 2.05) is 0 Å². The van der Waals surface area contributed by atoms with Crippen molar-refractivity contribution in [3.05, 3.63) is 0 Å². The molecule has 0 aliphatic carbocycles. The Labute approximate surface area is 134 Å². The standard InChI is InChI=1S/C16H31NO3S/c18-15(11-10-14-21)17-13-9-7-5-3-1-2-4-6-8-12-16(19)20/h21H,1-14H2,(H,17,18)(H,19,20). The first kappa shape index (κ1) is 20.3. The zero-order chi connectivity index (χ0) is 15.8. The first-order valence-electron chi connectivity index (χ1n) is 8.26. The predicted octanol–water partition coefficient (Wildman–Crippen LogP) is 3.80. The van der Waals surface area contributed by atoms with E-state index in [4.69, 9.17) is 5.11 Å². The van der Waals surface area contributed by atoms with Crippen molar-refractivity contribution in [2.24, 2.45) is 0 Å². The number of carboxylic acids is 1. The molecule has 0 aromatic carbocycles. The summed E-state index contributed by atoms with van der Waals surface area (Å²) in [6.07, 6.45) is 11.9. The molecule has 0 aromatic rings. The van der Waals surface area contributed by atoms with Crippen LogP contribution in [0.15, 0.2) is 0 Å². The number of amides is 1. The lowest BCUT2D eigenvalue weighted by atomic mass is 10.1. The summed E-state index contributed by atoms with van der Waals surface area (Å²) in [6, 6.07) is 0. The molecule has 0 aromatic heterocycles. The van der Waals surface area contributed by atoms with Crippen molar-refractivity contribution in [1.29, 1.82) is 0 Å². The Hall–Kier alpha value is -0.710.